The summed E-state index contributed by atoms with van der Waals surface area (Å²) < 4.78 is 11.1. The Kier molecular flexibility index (Phi) is 7.63. The van der Waals surface area contributed by atoms with E-state index in [0.29, 0.717) is 13.2 Å². The molecule has 1 aromatic rings. The lowest BCUT2D eigenvalue weighted by molar-refractivity contribution is 0.0980. The summed E-state index contributed by atoms with van der Waals surface area (Å²) in [5.74, 6) is 0.906. The molecule has 0 saturated heterocycles. The highest BCUT2D eigenvalue weighted by atomic mass is 16.5. The lowest BCUT2D eigenvalue weighted by atomic mass is 10.1. The molecule has 0 bridgehead atoms. The summed E-state index contributed by atoms with van der Waals surface area (Å²) in [4.78, 5) is 0. The zero-order valence-electron chi connectivity index (χ0n) is 13.4. The van der Waals surface area contributed by atoms with E-state index in [1.54, 1.807) is 0 Å². The smallest absolute Gasteiger partial charge is 0.119 e. The van der Waals surface area contributed by atoms with E-state index in [-0.39, 0.29) is 5.54 Å². The Balaban J connectivity index is 2.21. The highest BCUT2D eigenvalue weighted by molar-refractivity contribution is 5.27. The molecular weight excluding hydrogens is 250 g/mol. The summed E-state index contributed by atoms with van der Waals surface area (Å²) in [7, 11) is 0. The van der Waals surface area contributed by atoms with Crippen LogP contribution in [-0.4, -0.2) is 25.4 Å². The van der Waals surface area contributed by atoms with Crippen molar-refractivity contribution in [2.45, 2.75) is 52.6 Å². The fraction of sp³-hybridized carbons (Fsp3) is 0.647. The van der Waals surface area contributed by atoms with Gasteiger partial charge in [0.15, 0.2) is 0 Å². The molecule has 114 valence electrons. The van der Waals surface area contributed by atoms with E-state index >= 15 is 0 Å². The third-order valence-corrected chi connectivity index (χ3v) is 2.88. The first-order valence-electron chi connectivity index (χ1n) is 7.56. The third-order valence-electron chi connectivity index (χ3n) is 2.88. The Labute approximate surface area is 123 Å². The van der Waals surface area contributed by atoms with Crippen molar-refractivity contribution in [3.63, 3.8) is 0 Å². The number of rotatable bonds is 9. The van der Waals surface area contributed by atoms with Gasteiger partial charge in [-0.2, -0.15) is 0 Å². The van der Waals surface area contributed by atoms with E-state index in [0.717, 1.165) is 25.3 Å². The van der Waals surface area contributed by atoms with Crippen LogP contribution < -0.4 is 10.1 Å². The SMILES string of the molecule is CCCCOCCOc1ccc(CNC(C)(C)C)cc1. The van der Waals surface area contributed by atoms with Gasteiger partial charge in [-0.1, -0.05) is 25.5 Å². The van der Waals surface area contributed by atoms with Crippen LogP contribution in [0.25, 0.3) is 0 Å². The first-order chi connectivity index (χ1) is 9.51. The molecule has 0 aliphatic carbocycles. The summed E-state index contributed by atoms with van der Waals surface area (Å²) >= 11 is 0. The number of nitrogens with one attached hydrogen (secondary N) is 1. The van der Waals surface area contributed by atoms with Crippen LogP contribution in [0.5, 0.6) is 5.75 Å². The molecular formula is C17H29NO2. The van der Waals surface area contributed by atoms with E-state index in [9.17, 15) is 0 Å². The largest absolute Gasteiger partial charge is 0.491 e. The van der Waals surface area contributed by atoms with Gasteiger partial charge in [-0.15, -0.1) is 0 Å². The molecule has 1 rings (SSSR count). The topological polar surface area (TPSA) is 30.5 Å². The summed E-state index contributed by atoms with van der Waals surface area (Å²) in [5, 5.41) is 3.47. The van der Waals surface area contributed by atoms with E-state index < -0.39 is 0 Å². The summed E-state index contributed by atoms with van der Waals surface area (Å²) in [5.41, 5.74) is 1.41. The van der Waals surface area contributed by atoms with Crippen molar-refractivity contribution in [1.29, 1.82) is 0 Å². The molecule has 0 aliphatic rings. The molecule has 0 heterocycles. The number of hydrogen-bond acceptors (Lipinski definition) is 3. The fourth-order valence-electron chi connectivity index (χ4n) is 1.64. The molecule has 1 aromatic carbocycles. The lowest BCUT2D eigenvalue weighted by Crippen LogP contribution is -2.35. The molecule has 0 saturated carbocycles. The van der Waals surface area contributed by atoms with Crippen LogP contribution in [0.2, 0.25) is 0 Å². The number of hydrogen-bond donors (Lipinski definition) is 1. The predicted octanol–water partition coefficient (Wildman–Crippen LogP) is 3.77. The van der Waals surface area contributed by atoms with Gasteiger partial charge >= 0.3 is 0 Å². The van der Waals surface area contributed by atoms with E-state index in [1.165, 1.54) is 12.0 Å². The van der Waals surface area contributed by atoms with Crippen LogP contribution in [0.1, 0.15) is 46.1 Å². The first-order valence-corrected chi connectivity index (χ1v) is 7.56. The van der Waals surface area contributed by atoms with Crippen LogP contribution in [0.3, 0.4) is 0 Å². The lowest BCUT2D eigenvalue weighted by Gasteiger charge is -2.20. The first kappa shape index (κ1) is 17.0. The molecule has 20 heavy (non-hydrogen) atoms. The average molecular weight is 279 g/mol. The van der Waals surface area contributed by atoms with Crippen LogP contribution >= 0.6 is 0 Å². The molecule has 0 aliphatic heterocycles. The zero-order valence-corrected chi connectivity index (χ0v) is 13.4. The van der Waals surface area contributed by atoms with Crippen LogP contribution in [0, 0.1) is 0 Å². The molecule has 0 fully saturated rings. The normalized spacial score (nSPS) is 11.6. The number of benzene rings is 1. The van der Waals surface area contributed by atoms with Crippen molar-refractivity contribution in [1.82, 2.24) is 5.32 Å². The third kappa shape index (κ3) is 8.18. The average Bonchev–Trinajstić information content (AvgIpc) is 2.41. The highest BCUT2D eigenvalue weighted by Gasteiger charge is 2.08. The molecule has 1 N–H and O–H groups in total. The molecule has 3 nitrogen and oxygen atoms in total. The second kappa shape index (κ2) is 8.98. The maximum Gasteiger partial charge on any atom is 0.119 e. The monoisotopic (exact) mass is 279 g/mol. The van der Waals surface area contributed by atoms with Gasteiger partial charge in [0.25, 0.3) is 0 Å². The second-order valence-electron chi connectivity index (χ2n) is 6.06. The van der Waals surface area contributed by atoms with E-state index in [2.05, 4.69) is 45.1 Å². The zero-order chi connectivity index (χ0) is 14.8. The van der Waals surface area contributed by atoms with Gasteiger partial charge < -0.3 is 14.8 Å². The Bertz CT molecular complexity index is 354. The van der Waals surface area contributed by atoms with Crippen LogP contribution in [0.15, 0.2) is 24.3 Å². The molecule has 0 spiro atoms. The Morgan fingerprint density at radius 1 is 1.00 bits per heavy atom. The highest BCUT2D eigenvalue weighted by Crippen LogP contribution is 2.13. The molecule has 0 amide bonds. The van der Waals surface area contributed by atoms with Crippen molar-refractivity contribution in [3.05, 3.63) is 29.8 Å². The van der Waals surface area contributed by atoms with Crippen molar-refractivity contribution in [2.24, 2.45) is 0 Å². The maximum absolute atomic E-state index is 5.64. The predicted molar refractivity (Wildman–Crippen MR) is 84.3 cm³/mol. The van der Waals surface area contributed by atoms with E-state index in [1.807, 2.05) is 12.1 Å². The minimum atomic E-state index is 0.144. The van der Waals surface area contributed by atoms with Crippen LogP contribution in [-0.2, 0) is 11.3 Å². The van der Waals surface area contributed by atoms with Gasteiger partial charge in [0, 0.05) is 18.7 Å². The van der Waals surface area contributed by atoms with Gasteiger partial charge in [0.2, 0.25) is 0 Å². The van der Waals surface area contributed by atoms with Gasteiger partial charge in [-0.25, -0.2) is 0 Å². The molecule has 0 unspecified atom stereocenters. The van der Waals surface area contributed by atoms with Crippen molar-refractivity contribution in [3.8, 4) is 5.75 Å². The van der Waals surface area contributed by atoms with Crippen molar-refractivity contribution < 1.29 is 9.47 Å². The Morgan fingerprint density at radius 3 is 2.30 bits per heavy atom. The van der Waals surface area contributed by atoms with Crippen molar-refractivity contribution in [2.75, 3.05) is 19.8 Å². The summed E-state index contributed by atoms with van der Waals surface area (Å²) in [6, 6.07) is 8.25. The standard InChI is InChI=1S/C17H29NO2/c1-5-6-11-19-12-13-20-16-9-7-15(8-10-16)14-18-17(2,3)4/h7-10,18H,5-6,11-14H2,1-4H3. The number of unbranched alkanes of at least 4 members (excludes halogenated alkanes) is 1. The summed E-state index contributed by atoms with van der Waals surface area (Å²) in [6.07, 6.45) is 2.29. The Hall–Kier alpha value is -1.06. The van der Waals surface area contributed by atoms with Crippen molar-refractivity contribution >= 4 is 0 Å². The quantitative estimate of drug-likeness (QED) is 0.698. The molecule has 3 heteroatoms. The molecule has 0 aromatic heterocycles. The fourth-order valence-corrected chi connectivity index (χ4v) is 1.64. The van der Waals surface area contributed by atoms with Gasteiger partial charge in [0.05, 0.1) is 6.61 Å². The maximum atomic E-state index is 5.64. The number of ether oxygens (including phenoxy) is 2. The Morgan fingerprint density at radius 2 is 1.70 bits per heavy atom. The second-order valence-corrected chi connectivity index (χ2v) is 6.06. The minimum Gasteiger partial charge on any atom is -0.491 e. The van der Waals surface area contributed by atoms with Gasteiger partial charge in [0.1, 0.15) is 12.4 Å². The van der Waals surface area contributed by atoms with E-state index in [4.69, 9.17) is 9.47 Å². The molecule has 0 atom stereocenters. The van der Waals surface area contributed by atoms with Gasteiger partial charge in [-0.3, -0.25) is 0 Å². The minimum absolute atomic E-state index is 0.144. The summed E-state index contributed by atoms with van der Waals surface area (Å²) in [6.45, 7) is 11.7. The van der Waals surface area contributed by atoms with Crippen LogP contribution in [0.4, 0.5) is 0 Å². The van der Waals surface area contributed by atoms with Gasteiger partial charge in [-0.05, 0) is 44.9 Å². The molecule has 0 radical (unpaired) electrons.